The van der Waals surface area contributed by atoms with Crippen LogP contribution in [0.5, 0.6) is 11.5 Å². The van der Waals surface area contributed by atoms with Crippen LogP contribution in [0.2, 0.25) is 0 Å². The quantitative estimate of drug-likeness (QED) is 0.294. The van der Waals surface area contributed by atoms with Crippen LogP contribution in [-0.2, 0) is 16.8 Å². The summed E-state index contributed by atoms with van der Waals surface area (Å²) in [5, 5.41) is 9.24. The number of aliphatic carboxylic acids is 1. The molecule has 0 amide bonds. The highest BCUT2D eigenvalue weighted by Gasteiger charge is 2.21. The predicted molar refractivity (Wildman–Crippen MR) is 142 cm³/mol. The van der Waals surface area contributed by atoms with Gasteiger partial charge in [-0.1, -0.05) is 64.1 Å². The standard InChI is InChI=1S/C31H35FO4/c1-6-7-8-23(18-30(33)34)22-10-12-24(13-11-22)36-20-21-9-15-28(31(2,3)4)26(17-21)27-19-25(35-5)14-16-29(27)32/h7-17,19,23H,6,18,20H2,1-5H3,(H,33,34)/b8-7+/t23-/m1/s1. The molecule has 0 saturated heterocycles. The monoisotopic (exact) mass is 490 g/mol. The lowest BCUT2D eigenvalue weighted by atomic mass is 9.81. The third kappa shape index (κ3) is 6.97. The van der Waals surface area contributed by atoms with Gasteiger partial charge < -0.3 is 14.6 Å². The third-order valence-corrected chi connectivity index (χ3v) is 6.07. The Hall–Kier alpha value is -3.60. The molecule has 1 atom stereocenters. The molecule has 0 spiro atoms. The van der Waals surface area contributed by atoms with Gasteiger partial charge >= 0.3 is 5.97 Å². The van der Waals surface area contributed by atoms with Crippen LogP contribution in [0.1, 0.15) is 63.1 Å². The van der Waals surface area contributed by atoms with Gasteiger partial charge in [-0.15, -0.1) is 0 Å². The number of rotatable bonds is 10. The van der Waals surface area contributed by atoms with Crippen molar-refractivity contribution >= 4 is 5.97 Å². The number of methoxy groups -OCH3 is 1. The number of hydrogen-bond acceptors (Lipinski definition) is 3. The topological polar surface area (TPSA) is 55.8 Å². The molecule has 190 valence electrons. The Balaban J connectivity index is 1.84. The van der Waals surface area contributed by atoms with Gasteiger partial charge in [-0.05, 0) is 70.5 Å². The van der Waals surface area contributed by atoms with Crippen LogP contribution in [0.25, 0.3) is 11.1 Å². The number of carboxylic acid groups (broad SMARTS) is 1. The molecule has 0 heterocycles. The summed E-state index contributed by atoms with van der Waals surface area (Å²) in [4.78, 5) is 11.3. The van der Waals surface area contributed by atoms with Crippen molar-refractivity contribution in [3.8, 4) is 22.6 Å². The van der Waals surface area contributed by atoms with E-state index in [0.29, 0.717) is 23.7 Å². The predicted octanol–water partition coefficient (Wildman–Crippen LogP) is 7.90. The van der Waals surface area contributed by atoms with E-state index in [1.807, 2.05) is 61.5 Å². The zero-order valence-electron chi connectivity index (χ0n) is 21.7. The number of hydrogen-bond donors (Lipinski definition) is 1. The Morgan fingerprint density at radius 3 is 2.31 bits per heavy atom. The average molecular weight is 491 g/mol. The Labute approximate surface area is 213 Å². The molecule has 3 rings (SSSR count). The number of allylic oxidation sites excluding steroid dienone is 2. The Kier molecular flexibility index (Phi) is 8.92. The van der Waals surface area contributed by atoms with Crippen LogP contribution in [0.15, 0.2) is 72.8 Å². The summed E-state index contributed by atoms with van der Waals surface area (Å²) in [6, 6.07) is 18.3. The molecular weight excluding hydrogens is 455 g/mol. The third-order valence-electron chi connectivity index (χ3n) is 6.07. The van der Waals surface area contributed by atoms with E-state index in [-0.39, 0.29) is 23.6 Å². The van der Waals surface area contributed by atoms with E-state index >= 15 is 0 Å². The molecule has 0 aliphatic heterocycles. The van der Waals surface area contributed by atoms with Crippen molar-refractivity contribution in [2.24, 2.45) is 0 Å². The van der Waals surface area contributed by atoms with Crippen molar-refractivity contribution in [3.05, 3.63) is 95.3 Å². The first-order valence-electron chi connectivity index (χ1n) is 12.2. The molecule has 0 aromatic heterocycles. The molecule has 0 saturated carbocycles. The highest BCUT2D eigenvalue weighted by Crippen LogP contribution is 2.37. The van der Waals surface area contributed by atoms with E-state index < -0.39 is 5.97 Å². The highest BCUT2D eigenvalue weighted by atomic mass is 19.1. The summed E-state index contributed by atoms with van der Waals surface area (Å²) in [6.07, 6.45) is 4.83. The van der Waals surface area contributed by atoms with Gasteiger partial charge in [0.25, 0.3) is 0 Å². The van der Waals surface area contributed by atoms with Gasteiger partial charge in [0.1, 0.15) is 23.9 Å². The first-order chi connectivity index (χ1) is 17.1. The molecule has 0 aliphatic carbocycles. The lowest BCUT2D eigenvalue weighted by Crippen LogP contribution is -2.13. The minimum Gasteiger partial charge on any atom is -0.497 e. The van der Waals surface area contributed by atoms with E-state index in [2.05, 4.69) is 20.8 Å². The normalized spacial score (nSPS) is 12.5. The fourth-order valence-electron chi connectivity index (χ4n) is 4.16. The van der Waals surface area contributed by atoms with Gasteiger partial charge in [-0.25, -0.2) is 4.39 Å². The number of ether oxygens (including phenoxy) is 2. The van der Waals surface area contributed by atoms with Crippen LogP contribution < -0.4 is 9.47 Å². The largest absolute Gasteiger partial charge is 0.497 e. The SMILES string of the molecule is CC/C=C/[C@H](CC(=O)O)c1ccc(OCc2ccc(C(C)(C)C)c(-c3cc(OC)ccc3F)c2)cc1. The van der Waals surface area contributed by atoms with E-state index in [1.165, 1.54) is 6.07 Å². The van der Waals surface area contributed by atoms with Crippen molar-refractivity contribution in [3.63, 3.8) is 0 Å². The average Bonchev–Trinajstić information content (AvgIpc) is 2.85. The zero-order valence-corrected chi connectivity index (χ0v) is 21.7. The van der Waals surface area contributed by atoms with Gasteiger partial charge in [0, 0.05) is 11.5 Å². The van der Waals surface area contributed by atoms with Gasteiger partial charge in [0.2, 0.25) is 0 Å². The number of carbonyl (C=O) groups is 1. The second kappa shape index (κ2) is 11.9. The van der Waals surface area contributed by atoms with E-state index in [4.69, 9.17) is 9.47 Å². The van der Waals surface area contributed by atoms with Crippen LogP contribution in [0, 0.1) is 5.82 Å². The maximum Gasteiger partial charge on any atom is 0.304 e. The van der Waals surface area contributed by atoms with Gasteiger partial charge in [-0.2, -0.15) is 0 Å². The summed E-state index contributed by atoms with van der Waals surface area (Å²) in [7, 11) is 1.57. The molecule has 3 aromatic rings. The lowest BCUT2D eigenvalue weighted by molar-refractivity contribution is -0.137. The highest BCUT2D eigenvalue weighted by molar-refractivity contribution is 5.71. The van der Waals surface area contributed by atoms with Gasteiger partial charge in [0.15, 0.2) is 0 Å². The van der Waals surface area contributed by atoms with Crippen molar-refractivity contribution in [1.82, 2.24) is 0 Å². The summed E-state index contributed by atoms with van der Waals surface area (Å²) in [6.45, 7) is 8.66. The minimum absolute atomic E-state index is 0.0421. The smallest absolute Gasteiger partial charge is 0.304 e. The van der Waals surface area contributed by atoms with Crippen LogP contribution in [-0.4, -0.2) is 18.2 Å². The molecule has 1 N–H and O–H groups in total. The van der Waals surface area contributed by atoms with Gasteiger partial charge in [-0.3, -0.25) is 4.79 Å². The molecule has 0 bridgehead atoms. The fourth-order valence-corrected chi connectivity index (χ4v) is 4.16. The van der Waals surface area contributed by atoms with Gasteiger partial charge in [0.05, 0.1) is 13.5 Å². The number of benzene rings is 3. The van der Waals surface area contributed by atoms with E-state index in [9.17, 15) is 14.3 Å². The van der Waals surface area contributed by atoms with Crippen molar-refractivity contribution in [2.75, 3.05) is 7.11 Å². The maximum absolute atomic E-state index is 14.9. The molecule has 0 unspecified atom stereocenters. The molecule has 5 heteroatoms. The van der Waals surface area contributed by atoms with Crippen LogP contribution in [0.4, 0.5) is 4.39 Å². The van der Waals surface area contributed by atoms with Crippen molar-refractivity contribution in [2.45, 2.75) is 58.5 Å². The Bertz CT molecular complexity index is 1210. The van der Waals surface area contributed by atoms with Crippen molar-refractivity contribution < 1.29 is 23.8 Å². The Morgan fingerprint density at radius 1 is 1.00 bits per heavy atom. The van der Waals surface area contributed by atoms with E-state index in [0.717, 1.165) is 28.7 Å². The molecule has 4 nitrogen and oxygen atoms in total. The van der Waals surface area contributed by atoms with Crippen molar-refractivity contribution in [1.29, 1.82) is 0 Å². The summed E-state index contributed by atoms with van der Waals surface area (Å²) in [5.41, 5.74) is 4.01. The zero-order chi connectivity index (χ0) is 26.3. The molecule has 36 heavy (non-hydrogen) atoms. The molecule has 3 aromatic carbocycles. The maximum atomic E-state index is 14.9. The summed E-state index contributed by atoms with van der Waals surface area (Å²) in [5.74, 6) is -0.0305. The fraction of sp³-hybridized carbons (Fsp3) is 0.323. The molecule has 0 aliphatic rings. The molecule has 0 fully saturated rings. The second-order valence-corrected chi connectivity index (χ2v) is 9.87. The lowest BCUT2D eigenvalue weighted by Gasteiger charge is -2.24. The van der Waals surface area contributed by atoms with Crippen LogP contribution in [0.3, 0.4) is 0 Å². The second-order valence-electron chi connectivity index (χ2n) is 9.87. The van der Waals surface area contributed by atoms with Crippen LogP contribution >= 0.6 is 0 Å². The molecular formula is C31H35FO4. The Morgan fingerprint density at radius 2 is 1.69 bits per heavy atom. The molecule has 0 radical (unpaired) electrons. The number of carboxylic acids is 1. The number of halogens is 1. The summed E-state index contributed by atoms with van der Waals surface area (Å²) >= 11 is 0. The first kappa shape index (κ1) is 27.0. The first-order valence-corrected chi connectivity index (χ1v) is 12.2. The summed E-state index contributed by atoms with van der Waals surface area (Å²) < 4.78 is 26.2. The van der Waals surface area contributed by atoms with E-state index in [1.54, 1.807) is 19.2 Å². The minimum atomic E-state index is -0.830.